The van der Waals surface area contributed by atoms with Crippen LogP contribution in [0, 0.1) is 11.8 Å². The number of likely N-dealkylation sites (tertiary alicyclic amines) is 1. The standard InChI is InChI=1S/C19H32N4O2S.HI/c1-5-21-19(23-11-10-17(14-23)12-15(2)3)22-13-16-6-8-18(9-7-16)26(24,25)20-4;/h6-9,15,17,20H,5,10-14H2,1-4H3,(H,21,22);1H. The highest BCUT2D eigenvalue weighted by Crippen LogP contribution is 2.23. The van der Waals surface area contributed by atoms with Gasteiger partial charge in [-0.1, -0.05) is 26.0 Å². The molecule has 0 radical (unpaired) electrons. The molecule has 1 heterocycles. The molecule has 1 aliphatic rings. The summed E-state index contributed by atoms with van der Waals surface area (Å²) in [6, 6.07) is 6.89. The van der Waals surface area contributed by atoms with Crippen molar-refractivity contribution >= 4 is 40.0 Å². The molecule has 6 nitrogen and oxygen atoms in total. The monoisotopic (exact) mass is 508 g/mol. The second kappa shape index (κ2) is 11.2. The van der Waals surface area contributed by atoms with Gasteiger partial charge in [0.05, 0.1) is 11.4 Å². The number of nitrogens with one attached hydrogen (secondary N) is 2. The summed E-state index contributed by atoms with van der Waals surface area (Å²) in [5.74, 6) is 2.42. The predicted molar refractivity (Wildman–Crippen MR) is 122 cm³/mol. The van der Waals surface area contributed by atoms with Gasteiger partial charge in [-0.25, -0.2) is 18.1 Å². The van der Waals surface area contributed by atoms with Gasteiger partial charge in [-0.2, -0.15) is 0 Å². The van der Waals surface area contributed by atoms with Crippen molar-refractivity contribution in [3.8, 4) is 0 Å². The van der Waals surface area contributed by atoms with Crippen molar-refractivity contribution in [1.82, 2.24) is 14.9 Å². The fourth-order valence-corrected chi connectivity index (χ4v) is 4.10. The first-order valence-electron chi connectivity index (χ1n) is 9.41. The van der Waals surface area contributed by atoms with Gasteiger partial charge in [-0.3, -0.25) is 0 Å². The van der Waals surface area contributed by atoms with Crippen LogP contribution in [-0.2, 0) is 16.6 Å². The van der Waals surface area contributed by atoms with Gasteiger partial charge >= 0.3 is 0 Å². The minimum absolute atomic E-state index is 0. The van der Waals surface area contributed by atoms with Gasteiger partial charge in [0.15, 0.2) is 5.96 Å². The van der Waals surface area contributed by atoms with Gasteiger partial charge in [0.1, 0.15) is 0 Å². The van der Waals surface area contributed by atoms with Crippen LogP contribution in [0.5, 0.6) is 0 Å². The van der Waals surface area contributed by atoms with E-state index in [0.717, 1.165) is 43.0 Å². The van der Waals surface area contributed by atoms with E-state index < -0.39 is 10.0 Å². The van der Waals surface area contributed by atoms with Crippen LogP contribution in [0.15, 0.2) is 34.2 Å². The van der Waals surface area contributed by atoms with Crippen molar-refractivity contribution in [2.24, 2.45) is 16.8 Å². The molecule has 0 bridgehead atoms. The molecule has 1 aromatic carbocycles. The van der Waals surface area contributed by atoms with Crippen LogP contribution in [0.25, 0.3) is 0 Å². The molecule has 0 aromatic heterocycles. The van der Waals surface area contributed by atoms with E-state index in [-0.39, 0.29) is 28.9 Å². The number of rotatable bonds is 7. The Bertz CT molecular complexity index is 705. The quantitative estimate of drug-likeness (QED) is 0.338. The molecule has 0 saturated carbocycles. The molecule has 1 saturated heterocycles. The lowest BCUT2D eigenvalue weighted by Gasteiger charge is -2.22. The predicted octanol–water partition coefficient (Wildman–Crippen LogP) is 3.05. The normalized spacial score (nSPS) is 17.9. The number of hydrogen-bond donors (Lipinski definition) is 2. The second-order valence-electron chi connectivity index (χ2n) is 7.25. The summed E-state index contributed by atoms with van der Waals surface area (Å²) in [5.41, 5.74) is 0.994. The first kappa shape index (κ1) is 24.2. The fraction of sp³-hybridized carbons (Fsp3) is 0.632. The number of aliphatic imine (C=N–C) groups is 1. The summed E-state index contributed by atoms with van der Waals surface area (Å²) < 4.78 is 25.9. The minimum Gasteiger partial charge on any atom is -0.357 e. The zero-order valence-electron chi connectivity index (χ0n) is 16.7. The smallest absolute Gasteiger partial charge is 0.240 e. The maximum atomic E-state index is 11.8. The molecule has 27 heavy (non-hydrogen) atoms. The summed E-state index contributed by atoms with van der Waals surface area (Å²) in [5, 5.41) is 3.38. The lowest BCUT2D eigenvalue weighted by atomic mass is 9.97. The highest BCUT2D eigenvalue weighted by Gasteiger charge is 2.25. The molecule has 0 aliphatic carbocycles. The van der Waals surface area contributed by atoms with Crippen molar-refractivity contribution in [3.05, 3.63) is 29.8 Å². The van der Waals surface area contributed by atoms with Crippen molar-refractivity contribution in [2.45, 2.75) is 45.1 Å². The van der Waals surface area contributed by atoms with Gasteiger partial charge in [0, 0.05) is 19.6 Å². The number of halogens is 1. The zero-order valence-corrected chi connectivity index (χ0v) is 19.9. The van der Waals surface area contributed by atoms with Crippen molar-refractivity contribution in [2.75, 3.05) is 26.7 Å². The molecule has 1 fully saturated rings. The molecule has 2 N–H and O–H groups in total. The van der Waals surface area contributed by atoms with Gasteiger partial charge in [-0.05, 0) is 56.3 Å². The van der Waals surface area contributed by atoms with Crippen LogP contribution in [-0.4, -0.2) is 46.0 Å². The van der Waals surface area contributed by atoms with Crippen molar-refractivity contribution in [1.29, 1.82) is 0 Å². The Morgan fingerprint density at radius 2 is 1.96 bits per heavy atom. The third kappa shape index (κ3) is 7.23. The number of guanidine groups is 1. The summed E-state index contributed by atoms with van der Waals surface area (Å²) >= 11 is 0. The van der Waals surface area contributed by atoms with Crippen LogP contribution in [0.3, 0.4) is 0 Å². The number of nitrogens with zero attached hydrogens (tertiary/aromatic N) is 2. The Hall–Kier alpha value is -0.870. The molecule has 1 atom stereocenters. The van der Waals surface area contributed by atoms with Crippen molar-refractivity contribution in [3.63, 3.8) is 0 Å². The van der Waals surface area contributed by atoms with E-state index in [0.29, 0.717) is 6.54 Å². The van der Waals surface area contributed by atoms with E-state index in [9.17, 15) is 8.42 Å². The summed E-state index contributed by atoms with van der Waals surface area (Å²) in [4.78, 5) is 7.38. The van der Waals surface area contributed by atoms with Crippen LogP contribution in [0.1, 0.15) is 39.2 Å². The summed E-state index contributed by atoms with van der Waals surface area (Å²) in [6.07, 6.45) is 2.48. The van der Waals surface area contributed by atoms with Crippen LogP contribution in [0.2, 0.25) is 0 Å². The van der Waals surface area contributed by atoms with E-state index in [1.807, 2.05) is 12.1 Å². The molecule has 1 aromatic rings. The molecule has 2 rings (SSSR count). The van der Waals surface area contributed by atoms with E-state index in [1.54, 1.807) is 12.1 Å². The van der Waals surface area contributed by atoms with Gasteiger partial charge in [-0.15, -0.1) is 24.0 Å². The highest BCUT2D eigenvalue weighted by molar-refractivity contribution is 14.0. The Morgan fingerprint density at radius 1 is 1.30 bits per heavy atom. The molecular formula is C19H33IN4O2S. The Labute approximate surface area is 181 Å². The molecule has 8 heteroatoms. The molecule has 154 valence electrons. The van der Waals surface area contributed by atoms with Crippen LogP contribution in [0.4, 0.5) is 0 Å². The van der Waals surface area contributed by atoms with E-state index in [4.69, 9.17) is 4.99 Å². The Balaban J connectivity index is 0.00000364. The van der Waals surface area contributed by atoms with Gasteiger partial charge in [0.2, 0.25) is 10.0 Å². The number of hydrogen-bond acceptors (Lipinski definition) is 3. The summed E-state index contributed by atoms with van der Waals surface area (Å²) in [7, 11) is -1.98. The SMILES string of the molecule is CCNC(=NCc1ccc(S(=O)(=O)NC)cc1)N1CCC(CC(C)C)C1.I. The minimum atomic E-state index is -3.39. The van der Waals surface area contributed by atoms with Gasteiger partial charge in [0.25, 0.3) is 0 Å². The fourth-order valence-electron chi connectivity index (χ4n) is 3.37. The van der Waals surface area contributed by atoms with Crippen molar-refractivity contribution < 1.29 is 8.42 Å². The topological polar surface area (TPSA) is 73.8 Å². The molecule has 1 unspecified atom stereocenters. The highest BCUT2D eigenvalue weighted by atomic mass is 127. The number of benzene rings is 1. The Morgan fingerprint density at radius 3 is 2.52 bits per heavy atom. The van der Waals surface area contributed by atoms with E-state index >= 15 is 0 Å². The zero-order chi connectivity index (χ0) is 19.2. The lowest BCUT2D eigenvalue weighted by molar-refractivity contribution is 0.403. The second-order valence-corrected chi connectivity index (χ2v) is 9.14. The summed E-state index contributed by atoms with van der Waals surface area (Å²) in [6.45, 7) is 10.1. The van der Waals surface area contributed by atoms with E-state index in [1.165, 1.54) is 19.9 Å². The largest absolute Gasteiger partial charge is 0.357 e. The molecule has 0 amide bonds. The third-order valence-electron chi connectivity index (χ3n) is 4.64. The average molecular weight is 508 g/mol. The van der Waals surface area contributed by atoms with E-state index in [2.05, 4.69) is 35.7 Å². The Kier molecular flexibility index (Phi) is 10.0. The average Bonchev–Trinajstić information content (AvgIpc) is 3.06. The maximum absolute atomic E-state index is 11.8. The third-order valence-corrected chi connectivity index (χ3v) is 6.07. The molecular weight excluding hydrogens is 475 g/mol. The number of sulfonamides is 1. The molecule has 1 aliphatic heterocycles. The van der Waals surface area contributed by atoms with Gasteiger partial charge < -0.3 is 10.2 Å². The van der Waals surface area contributed by atoms with Crippen LogP contribution >= 0.6 is 24.0 Å². The van der Waals surface area contributed by atoms with Crippen LogP contribution < -0.4 is 10.0 Å². The first-order valence-corrected chi connectivity index (χ1v) is 10.9. The maximum Gasteiger partial charge on any atom is 0.240 e. The lowest BCUT2D eigenvalue weighted by Crippen LogP contribution is -2.40. The molecule has 0 spiro atoms. The first-order chi connectivity index (χ1) is 12.4.